The minimum absolute atomic E-state index is 0.0324. The van der Waals surface area contributed by atoms with Gasteiger partial charge in [0.05, 0.1) is 10.7 Å². The first-order valence-corrected chi connectivity index (χ1v) is 10.5. The predicted molar refractivity (Wildman–Crippen MR) is 103 cm³/mol. The molecule has 7 heteroatoms. The van der Waals surface area contributed by atoms with Crippen molar-refractivity contribution >= 4 is 23.2 Å². The summed E-state index contributed by atoms with van der Waals surface area (Å²) in [5.74, 6) is 0.215. The highest BCUT2D eigenvalue weighted by molar-refractivity contribution is 6.30. The maximum absolute atomic E-state index is 13.4. The van der Waals surface area contributed by atoms with Crippen LogP contribution in [0.4, 0.5) is 4.39 Å². The number of rotatable bonds is 6. The molecular weight excluding hydrogens is 383 g/mol. The Bertz CT molecular complexity index is 817. The summed E-state index contributed by atoms with van der Waals surface area (Å²) in [6.07, 6.45) is 9.17. The van der Waals surface area contributed by atoms with Crippen LogP contribution in [0.3, 0.4) is 0 Å². The fourth-order valence-electron chi connectivity index (χ4n) is 5.57. The second-order valence-corrected chi connectivity index (χ2v) is 9.34. The van der Waals surface area contributed by atoms with Crippen LogP contribution in [0, 0.1) is 17.2 Å². The van der Waals surface area contributed by atoms with Crippen molar-refractivity contribution in [1.29, 1.82) is 0 Å². The molecule has 4 fully saturated rings. The van der Waals surface area contributed by atoms with E-state index in [-0.39, 0.29) is 34.6 Å². The summed E-state index contributed by atoms with van der Waals surface area (Å²) >= 11 is 5.65. The van der Waals surface area contributed by atoms with Crippen LogP contribution in [0.2, 0.25) is 5.02 Å². The maximum atomic E-state index is 13.4. The Morgan fingerprint density at radius 1 is 1.32 bits per heavy atom. The van der Waals surface area contributed by atoms with E-state index in [1.54, 1.807) is 6.07 Å². The Labute approximate surface area is 168 Å². The standard InChI is InChI=1S/C21H24ClFN2O3/c22-15-6-5-14(7-16(15)23)27-9-19(26)24-21-10-20(11-21,12-21)18-8-17(28-25-18)13-3-1-2-4-13/h5-7,13,17H,1-4,8-12H2,(H,24,26)/t17-,20?,21?/m0/s1. The van der Waals surface area contributed by atoms with Crippen LogP contribution in [0.25, 0.3) is 0 Å². The van der Waals surface area contributed by atoms with Crippen molar-refractivity contribution in [2.45, 2.75) is 63.0 Å². The predicted octanol–water partition coefficient (Wildman–Crippen LogP) is 4.23. The molecule has 1 heterocycles. The molecule has 150 valence electrons. The number of amides is 1. The van der Waals surface area contributed by atoms with E-state index in [9.17, 15) is 9.18 Å². The molecular formula is C21H24ClFN2O3. The molecule has 1 aromatic rings. The number of nitrogens with zero attached hydrogens (tertiary/aromatic N) is 1. The van der Waals surface area contributed by atoms with Gasteiger partial charge >= 0.3 is 0 Å². The van der Waals surface area contributed by atoms with Gasteiger partial charge in [0.1, 0.15) is 17.7 Å². The number of carbonyl (C=O) groups excluding carboxylic acids is 1. The topological polar surface area (TPSA) is 59.9 Å². The summed E-state index contributed by atoms with van der Waals surface area (Å²) in [4.78, 5) is 18.0. The number of oxime groups is 1. The zero-order chi connectivity index (χ0) is 19.4. The van der Waals surface area contributed by atoms with E-state index in [4.69, 9.17) is 21.2 Å². The smallest absolute Gasteiger partial charge is 0.258 e. The summed E-state index contributed by atoms with van der Waals surface area (Å²) in [6, 6.07) is 4.15. The summed E-state index contributed by atoms with van der Waals surface area (Å²) < 4.78 is 18.8. The third-order valence-corrected chi connectivity index (χ3v) is 7.23. The summed E-state index contributed by atoms with van der Waals surface area (Å²) in [5.41, 5.74) is 1.22. The van der Waals surface area contributed by atoms with Gasteiger partial charge in [-0.3, -0.25) is 4.79 Å². The molecule has 4 saturated carbocycles. The Balaban J connectivity index is 1.09. The first kappa shape index (κ1) is 18.2. The van der Waals surface area contributed by atoms with Gasteiger partial charge in [-0.2, -0.15) is 0 Å². The zero-order valence-electron chi connectivity index (χ0n) is 15.7. The van der Waals surface area contributed by atoms with Crippen molar-refractivity contribution in [3.8, 4) is 5.75 Å². The van der Waals surface area contributed by atoms with Gasteiger partial charge in [-0.15, -0.1) is 0 Å². The molecule has 0 unspecified atom stereocenters. The van der Waals surface area contributed by atoms with Gasteiger partial charge < -0.3 is 14.9 Å². The Morgan fingerprint density at radius 3 is 2.79 bits per heavy atom. The van der Waals surface area contributed by atoms with Crippen LogP contribution < -0.4 is 10.1 Å². The maximum Gasteiger partial charge on any atom is 0.258 e. The fourth-order valence-corrected chi connectivity index (χ4v) is 5.68. The van der Waals surface area contributed by atoms with Crippen LogP contribution in [-0.4, -0.2) is 29.9 Å². The van der Waals surface area contributed by atoms with Crippen molar-refractivity contribution in [2.24, 2.45) is 16.5 Å². The highest BCUT2D eigenvalue weighted by Gasteiger charge is 2.71. The van der Waals surface area contributed by atoms with Crippen LogP contribution >= 0.6 is 11.6 Å². The normalized spacial score (nSPS) is 33.5. The molecule has 0 aromatic heterocycles. The average molecular weight is 407 g/mol. The second-order valence-electron chi connectivity index (χ2n) is 8.93. The molecule has 28 heavy (non-hydrogen) atoms. The van der Waals surface area contributed by atoms with Gasteiger partial charge in [0, 0.05) is 23.4 Å². The number of hydrogen-bond acceptors (Lipinski definition) is 4. The number of carbonyl (C=O) groups is 1. The average Bonchev–Trinajstić information content (AvgIpc) is 3.29. The SMILES string of the molecule is O=C(COc1ccc(Cl)c(F)c1)NC12CC(C3=NO[C@H](C4CCCC4)C3)(C1)C2. The minimum Gasteiger partial charge on any atom is -0.484 e. The van der Waals surface area contributed by atoms with Gasteiger partial charge in [0.25, 0.3) is 5.91 Å². The number of benzene rings is 1. The first-order valence-electron chi connectivity index (χ1n) is 10.1. The Kier molecular flexibility index (Phi) is 4.30. The van der Waals surface area contributed by atoms with E-state index >= 15 is 0 Å². The van der Waals surface area contributed by atoms with E-state index in [2.05, 4.69) is 10.5 Å². The summed E-state index contributed by atoms with van der Waals surface area (Å²) in [6.45, 7) is -0.135. The molecule has 0 spiro atoms. The lowest BCUT2D eigenvalue weighted by atomic mass is 9.37. The molecule has 1 N–H and O–H groups in total. The van der Waals surface area contributed by atoms with E-state index in [0.717, 1.165) is 25.7 Å². The quantitative estimate of drug-likeness (QED) is 0.769. The van der Waals surface area contributed by atoms with E-state index < -0.39 is 5.82 Å². The number of ether oxygens (including phenoxy) is 1. The molecule has 6 rings (SSSR count). The monoisotopic (exact) mass is 406 g/mol. The van der Waals surface area contributed by atoms with Crippen molar-refractivity contribution in [1.82, 2.24) is 5.32 Å². The molecule has 1 aliphatic heterocycles. The molecule has 1 aromatic carbocycles. The van der Waals surface area contributed by atoms with E-state index in [0.29, 0.717) is 11.7 Å². The lowest BCUT2D eigenvalue weighted by Gasteiger charge is -2.70. The first-order chi connectivity index (χ1) is 13.5. The highest BCUT2D eigenvalue weighted by Crippen LogP contribution is 2.68. The molecule has 4 aliphatic carbocycles. The van der Waals surface area contributed by atoms with Gasteiger partial charge in [-0.25, -0.2) is 4.39 Å². The lowest BCUT2D eigenvalue weighted by molar-refractivity contribution is -0.143. The molecule has 5 nitrogen and oxygen atoms in total. The van der Waals surface area contributed by atoms with Crippen LogP contribution in [0.15, 0.2) is 23.4 Å². The van der Waals surface area contributed by atoms with Crippen molar-refractivity contribution < 1.29 is 18.8 Å². The van der Waals surface area contributed by atoms with Gasteiger partial charge in [0.2, 0.25) is 0 Å². The van der Waals surface area contributed by atoms with Crippen LogP contribution in [0.1, 0.15) is 51.4 Å². The van der Waals surface area contributed by atoms with Gasteiger partial charge in [-0.1, -0.05) is 29.6 Å². The Morgan fingerprint density at radius 2 is 2.07 bits per heavy atom. The van der Waals surface area contributed by atoms with E-state index in [1.165, 1.54) is 43.5 Å². The second kappa shape index (κ2) is 6.61. The molecule has 0 saturated heterocycles. The van der Waals surface area contributed by atoms with Crippen molar-refractivity contribution in [3.05, 3.63) is 29.0 Å². The molecule has 1 amide bonds. The number of hydrogen-bond donors (Lipinski definition) is 1. The van der Waals surface area contributed by atoms with Crippen LogP contribution in [0.5, 0.6) is 5.75 Å². The minimum atomic E-state index is -0.559. The summed E-state index contributed by atoms with van der Waals surface area (Å²) in [7, 11) is 0. The van der Waals surface area contributed by atoms with Gasteiger partial charge in [0.15, 0.2) is 6.61 Å². The van der Waals surface area contributed by atoms with Crippen molar-refractivity contribution in [3.63, 3.8) is 0 Å². The Hall–Kier alpha value is -1.82. The molecule has 1 atom stereocenters. The van der Waals surface area contributed by atoms with E-state index in [1.807, 2.05) is 0 Å². The van der Waals surface area contributed by atoms with Crippen molar-refractivity contribution in [2.75, 3.05) is 6.61 Å². The lowest BCUT2D eigenvalue weighted by Crippen LogP contribution is -2.77. The largest absolute Gasteiger partial charge is 0.484 e. The third kappa shape index (κ3) is 3.06. The van der Waals surface area contributed by atoms with Crippen LogP contribution in [-0.2, 0) is 9.63 Å². The fraction of sp³-hybridized carbons (Fsp3) is 0.619. The zero-order valence-corrected chi connectivity index (χ0v) is 16.4. The molecule has 5 aliphatic rings. The summed E-state index contributed by atoms with van der Waals surface area (Å²) in [5, 5.41) is 7.55. The third-order valence-electron chi connectivity index (χ3n) is 6.93. The molecule has 0 radical (unpaired) electrons. The molecule has 2 bridgehead atoms. The highest BCUT2D eigenvalue weighted by atomic mass is 35.5. The van der Waals surface area contributed by atoms with Gasteiger partial charge in [-0.05, 0) is 50.2 Å². The number of halogens is 2. The number of nitrogens with one attached hydrogen (secondary N) is 1.